The van der Waals surface area contributed by atoms with Crippen LogP contribution in [0.25, 0.3) is 22.6 Å². The number of ether oxygens (including phenoxy) is 1. The van der Waals surface area contributed by atoms with Crippen molar-refractivity contribution in [1.82, 2.24) is 14.5 Å². The number of benzene rings is 4. The Bertz CT molecular complexity index is 1720. The zero-order valence-electron chi connectivity index (χ0n) is 24.7. The van der Waals surface area contributed by atoms with Gasteiger partial charge in [-0.2, -0.15) is 0 Å². The fourth-order valence-corrected chi connectivity index (χ4v) is 5.77. The zero-order chi connectivity index (χ0) is 30.2. The molecular weight excluding hydrogens is 556 g/mol. The average Bonchev–Trinajstić information content (AvgIpc) is 3.38. The minimum absolute atomic E-state index is 0.106. The Labute approximate surface area is 254 Å². The lowest BCUT2D eigenvalue weighted by molar-refractivity contribution is 0.241. The zero-order valence-corrected chi connectivity index (χ0v) is 25.5. The molecule has 5 aromatic rings. The maximum atomic E-state index is 11.9. The molecule has 0 aliphatic rings. The van der Waals surface area contributed by atoms with Gasteiger partial charge in [0.05, 0.1) is 23.4 Å². The summed E-state index contributed by atoms with van der Waals surface area (Å²) < 4.78 is 31.5. The number of nitrogens with zero attached hydrogens (tertiary/aromatic N) is 3. The van der Waals surface area contributed by atoms with Crippen LogP contribution in [0.15, 0.2) is 114 Å². The van der Waals surface area contributed by atoms with E-state index in [2.05, 4.69) is 77.1 Å². The molecule has 0 saturated carbocycles. The molecule has 0 spiro atoms. The number of hydrogen-bond acceptors (Lipinski definition) is 5. The van der Waals surface area contributed by atoms with Gasteiger partial charge in [-0.05, 0) is 41.8 Å². The second-order valence-electron chi connectivity index (χ2n) is 10.7. The van der Waals surface area contributed by atoms with Gasteiger partial charge in [0.15, 0.2) is 0 Å². The van der Waals surface area contributed by atoms with E-state index in [0.29, 0.717) is 19.6 Å². The molecule has 0 aliphatic carbocycles. The monoisotopic (exact) mass is 594 g/mol. The summed E-state index contributed by atoms with van der Waals surface area (Å²) in [6.07, 6.45) is 2.10. The Balaban J connectivity index is 1.59. The molecule has 43 heavy (non-hydrogen) atoms. The first kappa shape index (κ1) is 30.2. The standard InChI is InChI=1S/C35H38N4O3S/c1-3-4-23-39-33(34(29-11-7-5-8-12-29)37-35(39)30-13-9-6-10-14-30)26-38(24-27-15-19-31(42-2)20-16-27)25-28-17-21-32(22-18-28)43(36,40)41/h5-22H,3-4,23-26H2,1-2H3,(H2,36,40,41). The predicted molar refractivity (Wildman–Crippen MR) is 172 cm³/mol. The van der Waals surface area contributed by atoms with E-state index in [-0.39, 0.29) is 4.90 Å². The van der Waals surface area contributed by atoms with Crippen LogP contribution < -0.4 is 9.88 Å². The van der Waals surface area contributed by atoms with Gasteiger partial charge in [-0.15, -0.1) is 0 Å². The summed E-state index contributed by atoms with van der Waals surface area (Å²) in [5, 5.41) is 5.36. The largest absolute Gasteiger partial charge is 0.497 e. The smallest absolute Gasteiger partial charge is 0.238 e. The fraction of sp³-hybridized carbons (Fsp3) is 0.229. The van der Waals surface area contributed by atoms with Crippen molar-refractivity contribution < 1.29 is 13.2 Å². The Morgan fingerprint density at radius 1 is 0.767 bits per heavy atom. The van der Waals surface area contributed by atoms with Crippen LogP contribution in [0.2, 0.25) is 0 Å². The Kier molecular flexibility index (Phi) is 9.72. The number of sulfonamides is 1. The van der Waals surface area contributed by atoms with Crippen LogP contribution in [0.5, 0.6) is 5.75 Å². The van der Waals surface area contributed by atoms with Crippen molar-refractivity contribution in [2.75, 3.05) is 7.11 Å². The molecule has 0 fully saturated rings. The van der Waals surface area contributed by atoms with Gasteiger partial charge >= 0.3 is 0 Å². The van der Waals surface area contributed by atoms with Crippen molar-refractivity contribution in [1.29, 1.82) is 0 Å². The molecule has 4 aromatic carbocycles. The quantitative estimate of drug-likeness (QED) is 0.161. The van der Waals surface area contributed by atoms with Crippen molar-refractivity contribution in [2.24, 2.45) is 5.14 Å². The van der Waals surface area contributed by atoms with Gasteiger partial charge in [0.1, 0.15) is 11.6 Å². The molecule has 0 aliphatic heterocycles. The van der Waals surface area contributed by atoms with Crippen molar-refractivity contribution in [2.45, 2.75) is 50.8 Å². The van der Waals surface area contributed by atoms with E-state index in [1.165, 1.54) is 0 Å². The third-order valence-electron chi connectivity index (χ3n) is 7.48. The number of nitrogens with two attached hydrogens (primary N) is 1. The van der Waals surface area contributed by atoms with Gasteiger partial charge in [-0.3, -0.25) is 4.90 Å². The van der Waals surface area contributed by atoms with E-state index in [0.717, 1.165) is 64.6 Å². The maximum absolute atomic E-state index is 11.9. The molecule has 1 heterocycles. The van der Waals surface area contributed by atoms with E-state index < -0.39 is 10.0 Å². The second kappa shape index (κ2) is 13.8. The molecule has 0 saturated heterocycles. The minimum atomic E-state index is -3.76. The van der Waals surface area contributed by atoms with Crippen LogP contribution in [0.3, 0.4) is 0 Å². The summed E-state index contributed by atoms with van der Waals surface area (Å²) in [6, 6.07) is 35.7. The van der Waals surface area contributed by atoms with E-state index in [1.807, 2.05) is 36.4 Å². The normalized spacial score (nSPS) is 11.6. The molecule has 0 bridgehead atoms. The van der Waals surface area contributed by atoms with E-state index in [4.69, 9.17) is 14.9 Å². The molecule has 222 valence electrons. The van der Waals surface area contributed by atoms with Gasteiger partial charge < -0.3 is 9.30 Å². The molecule has 5 rings (SSSR count). The summed E-state index contributed by atoms with van der Waals surface area (Å²) in [5.74, 6) is 1.77. The van der Waals surface area contributed by atoms with Gasteiger partial charge in [-0.25, -0.2) is 18.5 Å². The number of hydrogen-bond donors (Lipinski definition) is 1. The number of imidazole rings is 1. The average molecular weight is 595 g/mol. The van der Waals surface area contributed by atoms with E-state index in [9.17, 15) is 8.42 Å². The highest BCUT2D eigenvalue weighted by molar-refractivity contribution is 7.89. The number of primary sulfonamides is 1. The molecular formula is C35H38N4O3S. The lowest BCUT2D eigenvalue weighted by Crippen LogP contribution is -2.24. The van der Waals surface area contributed by atoms with Crippen LogP contribution >= 0.6 is 0 Å². The summed E-state index contributed by atoms with van der Waals surface area (Å²) in [6.45, 7) is 4.98. The molecule has 0 radical (unpaired) electrons. The van der Waals surface area contributed by atoms with Crippen molar-refractivity contribution >= 4 is 10.0 Å². The fourth-order valence-electron chi connectivity index (χ4n) is 5.25. The van der Waals surface area contributed by atoms with Gasteiger partial charge in [0.2, 0.25) is 10.0 Å². The van der Waals surface area contributed by atoms with Crippen molar-refractivity contribution in [3.63, 3.8) is 0 Å². The van der Waals surface area contributed by atoms with Crippen LogP contribution in [0, 0.1) is 0 Å². The lowest BCUT2D eigenvalue weighted by Gasteiger charge is -2.25. The van der Waals surface area contributed by atoms with Gasteiger partial charge in [-0.1, -0.05) is 98.3 Å². The van der Waals surface area contributed by atoms with Gasteiger partial charge in [0.25, 0.3) is 0 Å². The first-order valence-corrected chi connectivity index (χ1v) is 16.1. The molecule has 0 amide bonds. The van der Waals surface area contributed by atoms with Crippen molar-refractivity contribution in [3.8, 4) is 28.4 Å². The first-order valence-electron chi connectivity index (χ1n) is 14.5. The van der Waals surface area contributed by atoms with Crippen LogP contribution in [-0.2, 0) is 36.2 Å². The second-order valence-corrected chi connectivity index (χ2v) is 12.2. The molecule has 7 nitrogen and oxygen atoms in total. The Hall–Kier alpha value is -4.24. The first-order chi connectivity index (χ1) is 20.9. The summed E-state index contributed by atoms with van der Waals surface area (Å²) in [5.41, 5.74) is 6.42. The molecule has 1 aromatic heterocycles. The summed E-state index contributed by atoms with van der Waals surface area (Å²) >= 11 is 0. The highest BCUT2D eigenvalue weighted by atomic mass is 32.2. The number of unbranched alkanes of at least 4 members (excludes halogenated alkanes) is 1. The maximum Gasteiger partial charge on any atom is 0.238 e. The van der Waals surface area contributed by atoms with Crippen LogP contribution in [-0.4, -0.2) is 30.0 Å². The third kappa shape index (κ3) is 7.59. The van der Waals surface area contributed by atoms with E-state index >= 15 is 0 Å². The van der Waals surface area contributed by atoms with Crippen LogP contribution in [0.1, 0.15) is 36.6 Å². The molecule has 0 atom stereocenters. The lowest BCUT2D eigenvalue weighted by atomic mass is 10.1. The Morgan fingerprint density at radius 3 is 1.86 bits per heavy atom. The van der Waals surface area contributed by atoms with Crippen molar-refractivity contribution in [3.05, 3.63) is 126 Å². The van der Waals surface area contributed by atoms with Gasteiger partial charge in [0, 0.05) is 37.3 Å². The van der Waals surface area contributed by atoms with Crippen LogP contribution in [0.4, 0.5) is 0 Å². The SMILES string of the molecule is CCCCn1c(-c2ccccc2)nc(-c2ccccc2)c1CN(Cc1ccc(OC)cc1)Cc1ccc(S(N)(=O)=O)cc1. The number of methoxy groups -OCH3 is 1. The predicted octanol–water partition coefficient (Wildman–Crippen LogP) is 6.88. The Morgan fingerprint density at radius 2 is 1.33 bits per heavy atom. The summed E-state index contributed by atoms with van der Waals surface area (Å²) in [7, 11) is -2.10. The molecule has 0 unspecified atom stereocenters. The number of rotatable bonds is 13. The third-order valence-corrected chi connectivity index (χ3v) is 8.41. The number of aromatic nitrogens is 2. The molecule has 2 N–H and O–H groups in total. The minimum Gasteiger partial charge on any atom is -0.497 e. The summed E-state index contributed by atoms with van der Waals surface area (Å²) in [4.78, 5) is 7.75. The highest BCUT2D eigenvalue weighted by Crippen LogP contribution is 2.32. The molecule has 8 heteroatoms. The van der Waals surface area contributed by atoms with E-state index in [1.54, 1.807) is 19.2 Å². The topological polar surface area (TPSA) is 90.4 Å². The highest BCUT2D eigenvalue weighted by Gasteiger charge is 2.22.